The average molecular weight is 277 g/mol. The van der Waals surface area contributed by atoms with Gasteiger partial charge in [-0.15, -0.1) is 0 Å². The summed E-state index contributed by atoms with van der Waals surface area (Å²) in [5.41, 5.74) is 7.40. The first-order valence-electron chi connectivity index (χ1n) is 5.75. The van der Waals surface area contributed by atoms with Crippen molar-refractivity contribution in [2.45, 2.75) is 13.0 Å². The molecule has 4 N–H and O–H groups in total. The van der Waals surface area contributed by atoms with Gasteiger partial charge in [0, 0.05) is 11.3 Å². The highest BCUT2D eigenvalue weighted by Crippen LogP contribution is 2.32. The van der Waals surface area contributed by atoms with E-state index in [-0.39, 0.29) is 0 Å². The van der Waals surface area contributed by atoms with Gasteiger partial charge in [0.2, 0.25) is 5.91 Å². The van der Waals surface area contributed by atoms with Gasteiger partial charge in [-0.05, 0) is 25.2 Å². The van der Waals surface area contributed by atoms with E-state index in [9.17, 15) is 4.79 Å². The first kappa shape index (κ1) is 13.4. The van der Waals surface area contributed by atoms with Crippen LogP contribution in [-0.4, -0.2) is 18.1 Å². The summed E-state index contributed by atoms with van der Waals surface area (Å²) in [5, 5.41) is 6.41. The van der Waals surface area contributed by atoms with Gasteiger partial charge in [0.25, 0.3) is 0 Å². The second-order valence-electron chi connectivity index (χ2n) is 4.18. The number of amides is 1. The smallest absolute Gasteiger partial charge is 0.248 e. The van der Waals surface area contributed by atoms with Crippen LogP contribution in [0.4, 0.5) is 0 Å². The summed E-state index contributed by atoms with van der Waals surface area (Å²) in [5.74, 6) is 0.187. The number of para-hydroxylation sites is 1. The fourth-order valence-corrected chi connectivity index (χ4v) is 2.43. The number of primary amides is 1. The molecule has 1 amide bonds. The monoisotopic (exact) mass is 277 g/mol. The molecule has 1 heterocycles. The van der Waals surface area contributed by atoms with Crippen LogP contribution in [0.3, 0.4) is 0 Å². The molecule has 2 rings (SSSR count). The van der Waals surface area contributed by atoms with Crippen molar-refractivity contribution >= 4 is 23.2 Å². The standard InChI is InChI=1S/C13H15N3O2S/c1-7-10(12(14)17)11(16-13(19)15-7)8-5-3-4-6-9(8)18-2/h3-6,11H,1-2H3,(H2,14,17)(H2,15,16,19). The minimum absolute atomic E-state index is 0.401. The van der Waals surface area contributed by atoms with Gasteiger partial charge in [-0.1, -0.05) is 18.2 Å². The van der Waals surface area contributed by atoms with Gasteiger partial charge < -0.3 is 21.1 Å². The molecule has 1 aliphatic rings. The summed E-state index contributed by atoms with van der Waals surface area (Å²) in [4.78, 5) is 11.7. The van der Waals surface area contributed by atoms with Crippen LogP contribution in [0.25, 0.3) is 0 Å². The maximum Gasteiger partial charge on any atom is 0.248 e. The fraction of sp³-hybridized carbons (Fsp3) is 0.231. The van der Waals surface area contributed by atoms with Gasteiger partial charge in [0.1, 0.15) is 5.75 Å². The van der Waals surface area contributed by atoms with Gasteiger partial charge in [0.15, 0.2) is 5.11 Å². The highest BCUT2D eigenvalue weighted by Gasteiger charge is 2.30. The Morgan fingerprint density at radius 1 is 1.42 bits per heavy atom. The summed E-state index contributed by atoms with van der Waals surface area (Å²) in [6.45, 7) is 1.77. The third-order valence-electron chi connectivity index (χ3n) is 2.98. The summed E-state index contributed by atoms with van der Waals surface area (Å²) in [6, 6.07) is 7.04. The van der Waals surface area contributed by atoms with Crippen LogP contribution in [-0.2, 0) is 4.79 Å². The van der Waals surface area contributed by atoms with Gasteiger partial charge in [-0.2, -0.15) is 0 Å². The van der Waals surface area contributed by atoms with Crippen molar-refractivity contribution in [2.24, 2.45) is 5.73 Å². The molecule has 0 aliphatic carbocycles. The molecule has 5 nitrogen and oxygen atoms in total. The molecule has 0 spiro atoms. The van der Waals surface area contributed by atoms with Crippen LogP contribution in [0, 0.1) is 0 Å². The predicted octanol–water partition coefficient (Wildman–Crippen LogP) is 0.973. The Balaban J connectivity index is 2.55. The van der Waals surface area contributed by atoms with E-state index in [4.69, 9.17) is 22.7 Å². The van der Waals surface area contributed by atoms with E-state index in [0.717, 1.165) is 5.56 Å². The van der Waals surface area contributed by atoms with E-state index in [1.165, 1.54) is 0 Å². The molecule has 1 unspecified atom stereocenters. The zero-order valence-electron chi connectivity index (χ0n) is 10.7. The maximum absolute atomic E-state index is 11.7. The molecule has 1 aromatic rings. The summed E-state index contributed by atoms with van der Waals surface area (Å²) < 4.78 is 5.32. The Morgan fingerprint density at radius 2 is 2.11 bits per heavy atom. The summed E-state index contributed by atoms with van der Waals surface area (Å²) in [6.07, 6.45) is 0. The zero-order valence-corrected chi connectivity index (χ0v) is 11.5. The van der Waals surface area contributed by atoms with Crippen molar-refractivity contribution in [1.29, 1.82) is 0 Å². The van der Waals surface area contributed by atoms with E-state index < -0.39 is 11.9 Å². The van der Waals surface area contributed by atoms with Crippen molar-refractivity contribution in [3.8, 4) is 5.75 Å². The summed E-state index contributed by atoms with van der Waals surface area (Å²) >= 11 is 5.13. The lowest BCUT2D eigenvalue weighted by molar-refractivity contribution is -0.115. The molecule has 6 heteroatoms. The number of thiocarbonyl (C=S) groups is 1. The van der Waals surface area contributed by atoms with E-state index in [2.05, 4.69) is 10.6 Å². The molecule has 0 aromatic heterocycles. The Labute approximate surface area is 116 Å². The Bertz CT molecular complexity index is 569. The molecule has 100 valence electrons. The van der Waals surface area contributed by atoms with E-state index >= 15 is 0 Å². The maximum atomic E-state index is 11.7. The minimum atomic E-state index is -0.490. The normalized spacial score (nSPS) is 18.6. The molecule has 1 atom stereocenters. The van der Waals surface area contributed by atoms with Crippen LogP contribution in [0.2, 0.25) is 0 Å². The molecule has 0 saturated heterocycles. The third kappa shape index (κ3) is 2.53. The highest BCUT2D eigenvalue weighted by molar-refractivity contribution is 7.80. The fourth-order valence-electron chi connectivity index (χ4n) is 2.16. The number of methoxy groups -OCH3 is 1. The lowest BCUT2D eigenvalue weighted by Gasteiger charge is -2.30. The third-order valence-corrected chi connectivity index (χ3v) is 3.20. The molecule has 1 aromatic carbocycles. The van der Waals surface area contributed by atoms with Crippen LogP contribution in [0.1, 0.15) is 18.5 Å². The van der Waals surface area contributed by atoms with Gasteiger partial charge in [-0.25, -0.2) is 0 Å². The van der Waals surface area contributed by atoms with Gasteiger partial charge >= 0.3 is 0 Å². The number of carbonyl (C=O) groups is 1. The largest absolute Gasteiger partial charge is 0.496 e. The number of carbonyl (C=O) groups excluding carboxylic acids is 1. The first-order valence-corrected chi connectivity index (χ1v) is 6.16. The Morgan fingerprint density at radius 3 is 2.74 bits per heavy atom. The molecule has 0 fully saturated rings. The molecule has 0 bridgehead atoms. The molecule has 0 saturated carbocycles. The topological polar surface area (TPSA) is 76.4 Å². The molecular formula is C13H15N3O2S. The number of nitrogens with two attached hydrogens (primary N) is 1. The van der Waals surface area contributed by atoms with Gasteiger partial charge in [0.05, 0.1) is 18.7 Å². The van der Waals surface area contributed by atoms with E-state index in [1.54, 1.807) is 14.0 Å². The number of allylic oxidation sites excluding steroid dienone is 1. The van der Waals surface area contributed by atoms with Crippen molar-refractivity contribution in [3.63, 3.8) is 0 Å². The number of hydrogen-bond donors (Lipinski definition) is 3. The second kappa shape index (κ2) is 5.27. The number of nitrogens with one attached hydrogen (secondary N) is 2. The number of hydrogen-bond acceptors (Lipinski definition) is 3. The lowest BCUT2D eigenvalue weighted by Crippen LogP contribution is -2.46. The van der Waals surface area contributed by atoms with Crippen molar-refractivity contribution in [3.05, 3.63) is 41.1 Å². The van der Waals surface area contributed by atoms with Crippen molar-refractivity contribution in [1.82, 2.24) is 10.6 Å². The average Bonchev–Trinajstić information content (AvgIpc) is 2.37. The summed E-state index contributed by atoms with van der Waals surface area (Å²) in [7, 11) is 1.58. The van der Waals surface area contributed by atoms with Crippen LogP contribution >= 0.6 is 12.2 Å². The number of ether oxygens (including phenoxy) is 1. The Kier molecular flexibility index (Phi) is 3.71. The molecule has 0 radical (unpaired) electrons. The van der Waals surface area contributed by atoms with E-state index in [1.807, 2.05) is 24.3 Å². The lowest BCUT2D eigenvalue weighted by atomic mass is 9.94. The minimum Gasteiger partial charge on any atom is -0.496 e. The van der Waals surface area contributed by atoms with Gasteiger partial charge in [-0.3, -0.25) is 4.79 Å². The van der Waals surface area contributed by atoms with Crippen LogP contribution in [0.15, 0.2) is 35.5 Å². The SMILES string of the molecule is COc1ccccc1C1NC(=S)NC(C)=C1C(N)=O. The molecule has 19 heavy (non-hydrogen) atoms. The van der Waals surface area contributed by atoms with Crippen molar-refractivity contribution in [2.75, 3.05) is 7.11 Å². The molecule has 1 aliphatic heterocycles. The van der Waals surface area contributed by atoms with E-state index in [0.29, 0.717) is 22.1 Å². The Hall–Kier alpha value is -2.08. The van der Waals surface area contributed by atoms with Crippen molar-refractivity contribution < 1.29 is 9.53 Å². The zero-order chi connectivity index (χ0) is 14.0. The highest BCUT2D eigenvalue weighted by atomic mass is 32.1. The first-order chi connectivity index (χ1) is 9.04. The number of benzene rings is 1. The molecular weight excluding hydrogens is 262 g/mol. The van der Waals surface area contributed by atoms with Crippen LogP contribution in [0.5, 0.6) is 5.75 Å². The second-order valence-corrected chi connectivity index (χ2v) is 4.58. The number of rotatable bonds is 3. The van der Waals surface area contributed by atoms with Crippen LogP contribution < -0.4 is 21.1 Å². The predicted molar refractivity (Wildman–Crippen MR) is 76.5 cm³/mol. The quantitative estimate of drug-likeness (QED) is 0.718.